The van der Waals surface area contributed by atoms with E-state index in [9.17, 15) is 0 Å². The number of hydrogen-bond donors (Lipinski definition) is 1. The van der Waals surface area contributed by atoms with Gasteiger partial charge in [-0.1, -0.05) is 25.8 Å². The van der Waals surface area contributed by atoms with Gasteiger partial charge in [0.25, 0.3) is 0 Å². The van der Waals surface area contributed by atoms with E-state index in [1.807, 2.05) is 24.3 Å². The summed E-state index contributed by atoms with van der Waals surface area (Å²) in [7, 11) is 0. The second kappa shape index (κ2) is 4.72. The van der Waals surface area contributed by atoms with E-state index in [1.165, 1.54) is 0 Å². The maximum atomic E-state index is 5.33. The standard InChI is InChI=1S/C13H17N/c1-5-12-7-6-8-13(9-12)14-11(4)10(2)3/h1,6-11,14H,2-4H3. The molecule has 0 aliphatic carbocycles. The zero-order chi connectivity index (χ0) is 10.6. The van der Waals surface area contributed by atoms with Crippen LogP contribution < -0.4 is 5.32 Å². The van der Waals surface area contributed by atoms with Crippen LogP contribution in [0.3, 0.4) is 0 Å². The Labute approximate surface area is 86.5 Å². The highest BCUT2D eigenvalue weighted by Gasteiger charge is 2.05. The molecule has 0 fully saturated rings. The van der Waals surface area contributed by atoms with E-state index in [0.29, 0.717) is 12.0 Å². The molecule has 1 aromatic rings. The first-order chi connectivity index (χ1) is 6.63. The van der Waals surface area contributed by atoms with Crippen molar-refractivity contribution in [3.8, 4) is 12.3 Å². The van der Waals surface area contributed by atoms with E-state index < -0.39 is 0 Å². The average molecular weight is 187 g/mol. The lowest BCUT2D eigenvalue weighted by atomic mass is 10.1. The monoisotopic (exact) mass is 187 g/mol. The number of rotatable bonds is 3. The molecule has 0 aliphatic heterocycles. The van der Waals surface area contributed by atoms with Crippen LogP contribution in [0.15, 0.2) is 24.3 Å². The summed E-state index contributed by atoms with van der Waals surface area (Å²) in [6.07, 6.45) is 5.33. The fourth-order valence-corrected chi connectivity index (χ4v) is 1.13. The van der Waals surface area contributed by atoms with Gasteiger partial charge in [-0.15, -0.1) is 6.42 Å². The molecule has 0 aliphatic rings. The van der Waals surface area contributed by atoms with Gasteiger partial charge in [0.15, 0.2) is 0 Å². The van der Waals surface area contributed by atoms with Crippen molar-refractivity contribution in [3.63, 3.8) is 0 Å². The van der Waals surface area contributed by atoms with Crippen molar-refractivity contribution >= 4 is 5.69 Å². The Hall–Kier alpha value is -1.42. The summed E-state index contributed by atoms with van der Waals surface area (Å²) in [6, 6.07) is 8.41. The molecule has 1 nitrogen and oxygen atoms in total. The van der Waals surface area contributed by atoms with E-state index in [0.717, 1.165) is 11.3 Å². The molecule has 0 bridgehead atoms. The predicted molar refractivity (Wildman–Crippen MR) is 62.3 cm³/mol. The van der Waals surface area contributed by atoms with Gasteiger partial charge in [-0.05, 0) is 31.0 Å². The van der Waals surface area contributed by atoms with Crippen LogP contribution in [0.1, 0.15) is 26.3 Å². The third kappa shape index (κ3) is 2.81. The van der Waals surface area contributed by atoms with Crippen molar-refractivity contribution in [2.75, 3.05) is 5.32 Å². The lowest BCUT2D eigenvalue weighted by Gasteiger charge is -2.18. The average Bonchev–Trinajstić information content (AvgIpc) is 2.18. The molecule has 0 saturated heterocycles. The Morgan fingerprint density at radius 2 is 2.00 bits per heavy atom. The molecular weight excluding hydrogens is 170 g/mol. The van der Waals surface area contributed by atoms with Crippen LogP contribution in [0.5, 0.6) is 0 Å². The molecule has 1 N–H and O–H groups in total. The molecule has 1 rings (SSSR count). The summed E-state index contributed by atoms with van der Waals surface area (Å²) in [5.74, 6) is 3.25. The Morgan fingerprint density at radius 1 is 1.29 bits per heavy atom. The van der Waals surface area contributed by atoms with Gasteiger partial charge in [-0.2, -0.15) is 0 Å². The van der Waals surface area contributed by atoms with Gasteiger partial charge in [0, 0.05) is 17.3 Å². The van der Waals surface area contributed by atoms with Gasteiger partial charge in [0.05, 0.1) is 0 Å². The van der Waals surface area contributed by atoms with Gasteiger partial charge in [-0.25, -0.2) is 0 Å². The first-order valence-corrected chi connectivity index (χ1v) is 4.96. The lowest BCUT2D eigenvalue weighted by Crippen LogP contribution is -2.21. The molecule has 74 valence electrons. The molecule has 1 aromatic carbocycles. The van der Waals surface area contributed by atoms with Gasteiger partial charge in [0.1, 0.15) is 0 Å². The fourth-order valence-electron chi connectivity index (χ4n) is 1.13. The predicted octanol–water partition coefficient (Wildman–Crippen LogP) is 3.12. The van der Waals surface area contributed by atoms with Crippen LogP contribution in [-0.2, 0) is 0 Å². The van der Waals surface area contributed by atoms with Crippen LogP contribution in [0.25, 0.3) is 0 Å². The Kier molecular flexibility index (Phi) is 3.59. The molecule has 0 aromatic heterocycles. The molecule has 0 saturated carbocycles. The molecule has 0 spiro atoms. The third-order valence-electron chi connectivity index (χ3n) is 2.42. The Morgan fingerprint density at radius 3 is 2.57 bits per heavy atom. The maximum Gasteiger partial charge on any atom is 0.0354 e. The summed E-state index contributed by atoms with van der Waals surface area (Å²) in [5, 5.41) is 3.42. The Bertz CT molecular complexity index is 333. The van der Waals surface area contributed by atoms with Crippen molar-refractivity contribution < 1.29 is 0 Å². The van der Waals surface area contributed by atoms with E-state index >= 15 is 0 Å². The number of nitrogens with one attached hydrogen (secondary N) is 1. The van der Waals surface area contributed by atoms with Crippen molar-refractivity contribution in [3.05, 3.63) is 29.8 Å². The molecule has 1 unspecified atom stereocenters. The fraction of sp³-hybridized carbons (Fsp3) is 0.385. The largest absolute Gasteiger partial charge is 0.382 e. The molecule has 0 radical (unpaired) electrons. The number of terminal acetylenes is 1. The molecule has 0 amide bonds. The second-order valence-corrected chi connectivity index (χ2v) is 3.90. The summed E-state index contributed by atoms with van der Waals surface area (Å²) in [5.41, 5.74) is 2.02. The first-order valence-electron chi connectivity index (χ1n) is 4.96. The molecule has 0 heterocycles. The van der Waals surface area contributed by atoms with Crippen LogP contribution >= 0.6 is 0 Å². The zero-order valence-electron chi connectivity index (χ0n) is 9.04. The molecular formula is C13H17N. The van der Waals surface area contributed by atoms with Crippen molar-refractivity contribution in [2.24, 2.45) is 5.92 Å². The minimum Gasteiger partial charge on any atom is -0.382 e. The van der Waals surface area contributed by atoms with E-state index in [1.54, 1.807) is 0 Å². The normalized spacial score (nSPS) is 12.2. The minimum atomic E-state index is 0.461. The highest BCUT2D eigenvalue weighted by Crippen LogP contribution is 2.13. The summed E-state index contributed by atoms with van der Waals surface area (Å²) < 4.78 is 0. The van der Waals surface area contributed by atoms with Crippen LogP contribution in [0.4, 0.5) is 5.69 Å². The van der Waals surface area contributed by atoms with Crippen molar-refractivity contribution in [1.82, 2.24) is 0 Å². The summed E-state index contributed by atoms with van der Waals surface area (Å²) >= 11 is 0. The highest BCUT2D eigenvalue weighted by molar-refractivity contribution is 5.50. The van der Waals surface area contributed by atoms with Crippen LogP contribution in [0.2, 0.25) is 0 Å². The number of anilines is 1. The van der Waals surface area contributed by atoms with Crippen LogP contribution in [-0.4, -0.2) is 6.04 Å². The third-order valence-corrected chi connectivity index (χ3v) is 2.42. The molecule has 1 atom stereocenters. The topological polar surface area (TPSA) is 12.0 Å². The Balaban J connectivity index is 2.73. The van der Waals surface area contributed by atoms with Gasteiger partial charge < -0.3 is 5.32 Å². The smallest absolute Gasteiger partial charge is 0.0354 e. The van der Waals surface area contributed by atoms with E-state index in [2.05, 4.69) is 32.0 Å². The number of hydrogen-bond acceptors (Lipinski definition) is 1. The zero-order valence-corrected chi connectivity index (χ0v) is 9.04. The maximum absolute atomic E-state index is 5.33. The second-order valence-electron chi connectivity index (χ2n) is 3.90. The van der Waals surface area contributed by atoms with Gasteiger partial charge >= 0.3 is 0 Å². The SMILES string of the molecule is C#Cc1cccc(NC(C)C(C)C)c1. The van der Waals surface area contributed by atoms with Gasteiger partial charge in [-0.3, -0.25) is 0 Å². The van der Waals surface area contributed by atoms with Crippen LogP contribution in [0, 0.1) is 18.3 Å². The van der Waals surface area contributed by atoms with Crippen molar-refractivity contribution in [2.45, 2.75) is 26.8 Å². The van der Waals surface area contributed by atoms with E-state index in [-0.39, 0.29) is 0 Å². The highest BCUT2D eigenvalue weighted by atomic mass is 14.9. The molecule has 14 heavy (non-hydrogen) atoms. The first kappa shape index (κ1) is 10.7. The summed E-state index contributed by atoms with van der Waals surface area (Å²) in [6.45, 7) is 6.57. The summed E-state index contributed by atoms with van der Waals surface area (Å²) in [4.78, 5) is 0. The number of benzene rings is 1. The van der Waals surface area contributed by atoms with Crippen molar-refractivity contribution in [1.29, 1.82) is 0 Å². The quantitative estimate of drug-likeness (QED) is 0.717. The minimum absolute atomic E-state index is 0.461. The lowest BCUT2D eigenvalue weighted by molar-refractivity contribution is 0.560. The molecule has 1 heteroatoms. The van der Waals surface area contributed by atoms with Gasteiger partial charge in [0.2, 0.25) is 0 Å². The van der Waals surface area contributed by atoms with E-state index in [4.69, 9.17) is 6.42 Å².